The molecule has 2 unspecified atom stereocenters. The summed E-state index contributed by atoms with van der Waals surface area (Å²) < 4.78 is 26.2. The number of piperidine rings is 1. The van der Waals surface area contributed by atoms with Crippen LogP contribution < -0.4 is 0 Å². The Kier molecular flexibility index (Phi) is 7.20. The van der Waals surface area contributed by atoms with Crippen LogP contribution in [0.2, 0.25) is 5.02 Å². The van der Waals surface area contributed by atoms with Gasteiger partial charge in [-0.15, -0.1) is 11.3 Å². The number of rotatable bonds is 6. The Hall–Kier alpha value is -2.45. The van der Waals surface area contributed by atoms with E-state index in [2.05, 4.69) is 23.1 Å². The molecule has 6 rings (SSSR count). The second kappa shape index (κ2) is 10.6. The van der Waals surface area contributed by atoms with Gasteiger partial charge in [-0.25, -0.2) is 13.1 Å². The van der Waals surface area contributed by atoms with Gasteiger partial charge in [0.25, 0.3) is 0 Å². The number of hydrogen-bond donors (Lipinski definition) is 0. The van der Waals surface area contributed by atoms with Gasteiger partial charge in [0.2, 0.25) is 0 Å². The van der Waals surface area contributed by atoms with Crippen molar-refractivity contribution < 1.29 is 8.42 Å². The fourth-order valence-electron chi connectivity index (χ4n) is 6.13. The number of likely N-dealkylation sites (tertiary alicyclic amines) is 1. The Labute approximate surface area is 234 Å². The highest BCUT2D eigenvalue weighted by molar-refractivity contribution is 7.90. The lowest BCUT2D eigenvalue weighted by atomic mass is 9.78. The molecule has 4 aromatic rings. The fourth-order valence-corrected chi connectivity index (χ4v) is 8.02. The molecule has 0 spiro atoms. The molecule has 38 heavy (non-hydrogen) atoms. The van der Waals surface area contributed by atoms with Crippen LogP contribution in [0, 0.1) is 5.92 Å². The lowest BCUT2D eigenvalue weighted by molar-refractivity contribution is 0.0536. The number of benzene rings is 2. The lowest BCUT2D eigenvalue weighted by Gasteiger charge is -2.43. The predicted octanol–water partition coefficient (Wildman–Crippen LogP) is 7.48. The summed E-state index contributed by atoms with van der Waals surface area (Å²) in [6, 6.07) is 22.0. The van der Waals surface area contributed by atoms with Gasteiger partial charge in [0.05, 0.1) is 31.9 Å². The zero-order valence-corrected chi connectivity index (χ0v) is 23.9. The molecule has 1 saturated carbocycles. The van der Waals surface area contributed by atoms with Gasteiger partial charge in [-0.1, -0.05) is 48.7 Å². The smallest absolute Gasteiger partial charge is 0.175 e. The van der Waals surface area contributed by atoms with E-state index in [0.29, 0.717) is 16.0 Å². The first kappa shape index (κ1) is 25.8. The Morgan fingerprint density at radius 1 is 0.947 bits per heavy atom. The summed E-state index contributed by atoms with van der Waals surface area (Å²) in [7, 11) is -3.27. The normalized spacial score (nSPS) is 20.4. The van der Waals surface area contributed by atoms with Gasteiger partial charge in [-0.3, -0.25) is 4.90 Å². The van der Waals surface area contributed by atoms with Crippen LogP contribution in [0.3, 0.4) is 0 Å². The molecule has 2 aliphatic rings. The molecule has 5 nitrogen and oxygen atoms in total. The molecule has 8 heteroatoms. The van der Waals surface area contributed by atoms with E-state index < -0.39 is 9.84 Å². The minimum absolute atomic E-state index is 0.330. The highest BCUT2D eigenvalue weighted by Gasteiger charge is 2.33. The van der Waals surface area contributed by atoms with Crippen LogP contribution in [0.15, 0.2) is 71.6 Å². The minimum Gasteiger partial charge on any atom is -0.294 e. The van der Waals surface area contributed by atoms with Crippen molar-refractivity contribution in [1.29, 1.82) is 0 Å². The van der Waals surface area contributed by atoms with Gasteiger partial charge in [0.15, 0.2) is 9.84 Å². The molecule has 1 saturated heterocycles. The topological polar surface area (TPSA) is 55.2 Å². The van der Waals surface area contributed by atoms with E-state index in [1.54, 1.807) is 29.5 Å². The summed E-state index contributed by atoms with van der Waals surface area (Å²) in [5.41, 5.74) is 3.81. The second-order valence-electron chi connectivity index (χ2n) is 10.6. The number of para-hydroxylation sites is 1. The number of nitrogens with zero attached hydrogens (tertiary/aromatic N) is 3. The van der Waals surface area contributed by atoms with Crippen molar-refractivity contribution in [2.24, 2.45) is 5.92 Å². The molecule has 3 heterocycles. The molecule has 2 fully saturated rings. The Balaban J connectivity index is 1.37. The quantitative estimate of drug-likeness (QED) is 0.243. The van der Waals surface area contributed by atoms with E-state index in [9.17, 15) is 8.42 Å². The van der Waals surface area contributed by atoms with Crippen molar-refractivity contribution in [3.05, 3.63) is 77.4 Å². The molecule has 2 atom stereocenters. The predicted molar refractivity (Wildman–Crippen MR) is 156 cm³/mol. The number of sulfone groups is 1. The third-order valence-electron chi connectivity index (χ3n) is 7.97. The summed E-state index contributed by atoms with van der Waals surface area (Å²) in [6.45, 7) is 1.98. The number of halogens is 1. The molecular weight excluding hydrogens is 534 g/mol. The van der Waals surface area contributed by atoms with Crippen LogP contribution >= 0.6 is 22.9 Å². The minimum atomic E-state index is -3.27. The highest BCUT2D eigenvalue weighted by atomic mass is 35.5. The second-order valence-corrected chi connectivity index (χ2v) is 14.1. The Morgan fingerprint density at radius 2 is 1.74 bits per heavy atom. The van der Waals surface area contributed by atoms with Crippen LogP contribution in [0.25, 0.3) is 26.7 Å². The maximum absolute atomic E-state index is 12.1. The van der Waals surface area contributed by atoms with Crippen molar-refractivity contribution in [3.8, 4) is 26.7 Å². The first-order valence-electron chi connectivity index (χ1n) is 13.4. The van der Waals surface area contributed by atoms with Crippen molar-refractivity contribution in [3.63, 3.8) is 0 Å². The monoisotopic (exact) mass is 565 g/mol. The highest BCUT2D eigenvalue weighted by Crippen LogP contribution is 2.39. The molecule has 0 radical (unpaired) electrons. The van der Waals surface area contributed by atoms with Crippen LogP contribution in [-0.2, 0) is 16.4 Å². The van der Waals surface area contributed by atoms with E-state index in [0.717, 1.165) is 51.4 Å². The molecule has 198 valence electrons. The number of fused-ring (bicyclic) bond motifs is 1. The lowest BCUT2D eigenvalue weighted by Crippen LogP contribution is -2.46. The summed E-state index contributed by atoms with van der Waals surface area (Å²) >= 11 is 8.29. The fraction of sp³-hybridized carbons (Fsp3) is 0.367. The molecule has 2 aromatic carbocycles. The van der Waals surface area contributed by atoms with Gasteiger partial charge < -0.3 is 0 Å². The van der Waals surface area contributed by atoms with Gasteiger partial charge in [0, 0.05) is 23.7 Å². The first-order valence-corrected chi connectivity index (χ1v) is 16.4. The SMILES string of the molecule is CS(=O)(=O)c1cccc(-c2ccc(-c3cc(CN4CCCC5CCCCC54)nn3-c3ccccc3Cl)s2)c1. The van der Waals surface area contributed by atoms with Crippen LogP contribution in [-0.4, -0.2) is 41.9 Å². The number of aromatic nitrogens is 2. The molecule has 0 bridgehead atoms. The van der Waals surface area contributed by atoms with E-state index in [1.165, 1.54) is 44.8 Å². The largest absolute Gasteiger partial charge is 0.294 e. The molecule has 0 N–H and O–H groups in total. The van der Waals surface area contributed by atoms with Crippen molar-refractivity contribution in [2.75, 3.05) is 12.8 Å². The average molecular weight is 566 g/mol. The molecule has 2 aromatic heterocycles. The summed E-state index contributed by atoms with van der Waals surface area (Å²) in [6.07, 6.45) is 9.22. The van der Waals surface area contributed by atoms with Gasteiger partial charge in [-0.2, -0.15) is 5.10 Å². The van der Waals surface area contributed by atoms with Gasteiger partial charge in [-0.05, 0) is 86.2 Å². The Morgan fingerprint density at radius 3 is 2.58 bits per heavy atom. The summed E-state index contributed by atoms with van der Waals surface area (Å²) in [5.74, 6) is 0.824. The molecule has 1 aliphatic carbocycles. The maximum atomic E-state index is 12.1. The maximum Gasteiger partial charge on any atom is 0.175 e. The zero-order valence-electron chi connectivity index (χ0n) is 21.5. The molecular formula is C30H32ClN3O2S2. The summed E-state index contributed by atoms with van der Waals surface area (Å²) in [4.78, 5) is 5.07. The van der Waals surface area contributed by atoms with Crippen LogP contribution in [0.4, 0.5) is 0 Å². The van der Waals surface area contributed by atoms with Crippen molar-refractivity contribution >= 4 is 32.8 Å². The average Bonchev–Trinajstić information content (AvgIpc) is 3.56. The first-order chi connectivity index (χ1) is 18.4. The summed E-state index contributed by atoms with van der Waals surface area (Å²) in [5, 5.41) is 5.75. The number of thiophene rings is 1. The van der Waals surface area contributed by atoms with Gasteiger partial charge >= 0.3 is 0 Å². The standard InChI is InChI=1S/C30H32ClN3O2S2/c1-38(35,36)24-11-6-9-22(18-24)29-15-16-30(37-29)28-19-23(32-34(28)27-14-5-3-12-25(27)31)20-33-17-7-10-21-8-2-4-13-26(21)33/h3,5-6,9,11-12,14-16,18-19,21,26H,2,4,7-8,10,13,17,20H2,1H3. The molecule has 1 aliphatic heterocycles. The van der Waals surface area contributed by atoms with Gasteiger partial charge in [0.1, 0.15) is 0 Å². The van der Waals surface area contributed by atoms with Crippen molar-refractivity contribution in [2.45, 2.75) is 56.0 Å². The zero-order chi connectivity index (χ0) is 26.3. The third-order valence-corrected chi connectivity index (χ3v) is 10.6. The Bertz CT molecular complexity index is 1560. The van der Waals surface area contributed by atoms with Crippen LogP contribution in [0.1, 0.15) is 44.2 Å². The van der Waals surface area contributed by atoms with Crippen molar-refractivity contribution in [1.82, 2.24) is 14.7 Å². The molecule has 0 amide bonds. The van der Waals surface area contributed by atoms with E-state index in [4.69, 9.17) is 16.7 Å². The van der Waals surface area contributed by atoms with E-state index in [-0.39, 0.29) is 0 Å². The van der Waals surface area contributed by atoms with E-state index in [1.807, 2.05) is 35.0 Å². The van der Waals surface area contributed by atoms with Crippen LogP contribution in [0.5, 0.6) is 0 Å². The third kappa shape index (κ3) is 5.22. The van der Waals surface area contributed by atoms with E-state index >= 15 is 0 Å². The number of hydrogen-bond acceptors (Lipinski definition) is 5.